The number of amides is 4. The van der Waals surface area contributed by atoms with Gasteiger partial charge in [0.1, 0.15) is 23.5 Å². The summed E-state index contributed by atoms with van der Waals surface area (Å²) in [5, 5.41) is 5.96. The molecule has 44 heavy (non-hydrogen) atoms. The van der Waals surface area contributed by atoms with Crippen molar-refractivity contribution in [2.24, 2.45) is 0 Å². The number of anilines is 2. The highest BCUT2D eigenvalue weighted by Crippen LogP contribution is 2.47. The van der Waals surface area contributed by atoms with Crippen LogP contribution >= 0.6 is 0 Å². The van der Waals surface area contributed by atoms with E-state index in [1.165, 1.54) is 0 Å². The maximum Gasteiger partial charge on any atom is 0.411 e. The molecule has 234 valence electrons. The molecular formula is C34H43N5O5. The highest BCUT2D eigenvalue weighted by Gasteiger charge is 2.56. The number of benzene rings is 1. The maximum atomic E-state index is 14.2. The van der Waals surface area contributed by atoms with Crippen LogP contribution in [0.4, 0.5) is 16.3 Å². The maximum absolute atomic E-state index is 14.2. The molecule has 2 spiro atoms. The Morgan fingerprint density at radius 2 is 1.73 bits per heavy atom. The van der Waals surface area contributed by atoms with Crippen LogP contribution in [0.1, 0.15) is 89.8 Å². The lowest BCUT2D eigenvalue weighted by atomic mass is 9.79. The van der Waals surface area contributed by atoms with Crippen molar-refractivity contribution in [3.63, 3.8) is 0 Å². The average Bonchev–Trinajstić information content (AvgIpc) is 3.34. The zero-order chi connectivity index (χ0) is 31.5. The van der Waals surface area contributed by atoms with E-state index >= 15 is 0 Å². The van der Waals surface area contributed by atoms with Crippen molar-refractivity contribution in [1.29, 1.82) is 0 Å². The van der Waals surface area contributed by atoms with Gasteiger partial charge in [0.25, 0.3) is 0 Å². The Morgan fingerprint density at radius 3 is 2.43 bits per heavy atom. The standard InChI is InChI=1S/C34H43N5O5/c1-31(2,3)44-30(43)39-21-33(14-8-6-7-9-15-33)38(29(42)32(39,4)5)20-26(40)36-24-13-12-22-18-34(19-23(22)17-24)25-11-10-16-35-27(25)37-28(34)41/h10-13,16-17H,6-9,14-15,18-21H2,1-5H3,(H,36,40)(H,35,37,41)/t34-/m1/s1. The van der Waals surface area contributed by atoms with Crippen LogP contribution < -0.4 is 10.6 Å². The smallest absolute Gasteiger partial charge is 0.411 e. The molecule has 0 unspecified atom stereocenters. The fourth-order valence-electron chi connectivity index (χ4n) is 7.59. The third kappa shape index (κ3) is 5.12. The van der Waals surface area contributed by atoms with Gasteiger partial charge in [0.2, 0.25) is 17.7 Å². The molecule has 1 atom stereocenters. The Kier molecular flexibility index (Phi) is 7.25. The molecule has 10 nitrogen and oxygen atoms in total. The van der Waals surface area contributed by atoms with Crippen molar-refractivity contribution in [1.82, 2.24) is 14.8 Å². The summed E-state index contributed by atoms with van der Waals surface area (Å²) in [5.74, 6) is 0.0327. The lowest BCUT2D eigenvalue weighted by molar-refractivity contribution is -0.164. The minimum absolute atomic E-state index is 0.0478. The van der Waals surface area contributed by atoms with E-state index < -0.39 is 28.2 Å². The molecule has 1 aromatic carbocycles. The summed E-state index contributed by atoms with van der Waals surface area (Å²) in [6, 6.07) is 9.59. The van der Waals surface area contributed by atoms with Crippen molar-refractivity contribution in [3.05, 3.63) is 53.2 Å². The number of piperazine rings is 1. The van der Waals surface area contributed by atoms with E-state index in [0.29, 0.717) is 30.9 Å². The van der Waals surface area contributed by atoms with E-state index in [1.807, 2.05) is 51.1 Å². The number of nitrogens with zero attached hydrogens (tertiary/aromatic N) is 3. The van der Waals surface area contributed by atoms with Crippen LogP contribution in [0.3, 0.4) is 0 Å². The Labute approximate surface area is 258 Å². The first-order valence-corrected chi connectivity index (χ1v) is 15.8. The number of fused-ring (bicyclic) bond motifs is 3. The van der Waals surface area contributed by atoms with E-state index in [0.717, 1.165) is 55.2 Å². The average molecular weight is 602 g/mol. The number of rotatable bonds is 3. The van der Waals surface area contributed by atoms with Gasteiger partial charge in [0, 0.05) is 24.0 Å². The van der Waals surface area contributed by atoms with Gasteiger partial charge in [0.05, 0.1) is 11.0 Å². The number of hydrogen-bond donors (Lipinski definition) is 2. The summed E-state index contributed by atoms with van der Waals surface area (Å²) in [6.07, 6.45) is 7.68. The molecule has 2 N–H and O–H groups in total. The summed E-state index contributed by atoms with van der Waals surface area (Å²) in [6.45, 7) is 9.14. The quantitative estimate of drug-likeness (QED) is 0.513. The van der Waals surface area contributed by atoms with E-state index in [9.17, 15) is 19.2 Å². The second-order valence-electron chi connectivity index (χ2n) is 14.5. The second-order valence-corrected chi connectivity index (χ2v) is 14.5. The summed E-state index contributed by atoms with van der Waals surface area (Å²) in [5.41, 5.74) is 0.429. The van der Waals surface area contributed by atoms with Crippen LogP contribution in [0.15, 0.2) is 36.5 Å². The zero-order valence-corrected chi connectivity index (χ0v) is 26.4. The Balaban J connectivity index is 1.22. The summed E-state index contributed by atoms with van der Waals surface area (Å²) >= 11 is 0. The zero-order valence-electron chi connectivity index (χ0n) is 26.4. The van der Waals surface area contributed by atoms with E-state index in [-0.39, 0.29) is 24.3 Å². The number of ether oxygens (including phenoxy) is 1. The van der Waals surface area contributed by atoms with Crippen molar-refractivity contribution in [2.45, 2.75) is 108 Å². The molecule has 10 heteroatoms. The molecule has 4 aliphatic rings. The van der Waals surface area contributed by atoms with Gasteiger partial charge in [0.15, 0.2) is 0 Å². The van der Waals surface area contributed by atoms with Gasteiger partial charge in [-0.2, -0.15) is 0 Å². The minimum Gasteiger partial charge on any atom is -0.444 e. The van der Waals surface area contributed by atoms with Crippen LogP contribution in [0.5, 0.6) is 0 Å². The molecule has 2 aromatic rings. The molecule has 1 aromatic heterocycles. The molecule has 3 heterocycles. The molecule has 2 aliphatic carbocycles. The van der Waals surface area contributed by atoms with Crippen molar-refractivity contribution in [2.75, 3.05) is 23.7 Å². The highest BCUT2D eigenvalue weighted by atomic mass is 16.6. The number of nitrogens with one attached hydrogen (secondary N) is 2. The third-order valence-corrected chi connectivity index (χ3v) is 9.88. The van der Waals surface area contributed by atoms with Crippen molar-refractivity contribution in [3.8, 4) is 0 Å². The second kappa shape index (κ2) is 10.6. The van der Waals surface area contributed by atoms with Gasteiger partial charge < -0.3 is 20.3 Å². The molecular weight excluding hydrogens is 558 g/mol. The van der Waals surface area contributed by atoms with Crippen LogP contribution in [-0.4, -0.2) is 68.4 Å². The van der Waals surface area contributed by atoms with Gasteiger partial charge >= 0.3 is 6.09 Å². The Bertz CT molecular complexity index is 1520. The van der Waals surface area contributed by atoms with Gasteiger partial charge in [-0.15, -0.1) is 0 Å². The first kappa shape index (κ1) is 30.1. The fraction of sp³-hybridized carbons (Fsp3) is 0.559. The fourth-order valence-corrected chi connectivity index (χ4v) is 7.59. The van der Waals surface area contributed by atoms with Crippen LogP contribution in [0, 0.1) is 0 Å². The lowest BCUT2D eigenvalue weighted by Gasteiger charge is -2.56. The van der Waals surface area contributed by atoms with Gasteiger partial charge in [-0.1, -0.05) is 37.8 Å². The predicted molar refractivity (Wildman–Crippen MR) is 166 cm³/mol. The lowest BCUT2D eigenvalue weighted by Crippen LogP contribution is -2.74. The number of aromatic nitrogens is 1. The van der Waals surface area contributed by atoms with Gasteiger partial charge in [-0.3, -0.25) is 19.3 Å². The molecule has 1 saturated carbocycles. The predicted octanol–water partition coefficient (Wildman–Crippen LogP) is 4.96. The van der Waals surface area contributed by atoms with Crippen molar-refractivity contribution < 1.29 is 23.9 Å². The van der Waals surface area contributed by atoms with Gasteiger partial charge in [-0.05, 0) is 89.6 Å². The summed E-state index contributed by atoms with van der Waals surface area (Å²) < 4.78 is 5.73. The van der Waals surface area contributed by atoms with E-state index in [4.69, 9.17) is 4.74 Å². The van der Waals surface area contributed by atoms with E-state index in [2.05, 4.69) is 15.6 Å². The number of hydrogen-bond acceptors (Lipinski definition) is 6. The largest absolute Gasteiger partial charge is 0.444 e. The van der Waals surface area contributed by atoms with E-state index in [1.54, 1.807) is 29.8 Å². The van der Waals surface area contributed by atoms with Crippen LogP contribution in [0.25, 0.3) is 0 Å². The molecule has 2 fully saturated rings. The van der Waals surface area contributed by atoms with Crippen LogP contribution in [-0.2, 0) is 37.4 Å². The first-order valence-electron chi connectivity index (χ1n) is 15.8. The van der Waals surface area contributed by atoms with Crippen LogP contribution in [0.2, 0.25) is 0 Å². The highest BCUT2D eigenvalue weighted by molar-refractivity contribution is 6.06. The Morgan fingerprint density at radius 1 is 1.02 bits per heavy atom. The number of carbonyl (C=O) groups is 4. The molecule has 4 amide bonds. The van der Waals surface area contributed by atoms with Crippen molar-refractivity contribution >= 4 is 35.3 Å². The monoisotopic (exact) mass is 601 g/mol. The minimum atomic E-state index is -1.17. The molecule has 0 bridgehead atoms. The Hall–Kier alpha value is -3.95. The first-order chi connectivity index (χ1) is 20.7. The molecule has 1 saturated heterocycles. The molecule has 6 rings (SSSR count). The summed E-state index contributed by atoms with van der Waals surface area (Å²) in [4.78, 5) is 61.9. The summed E-state index contributed by atoms with van der Waals surface area (Å²) in [7, 11) is 0. The van der Waals surface area contributed by atoms with Gasteiger partial charge in [-0.25, -0.2) is 9.78 Å². The SMILES string of the molecule is CC(C)(C)OC(=O)N1CC2(CCCCCC2)N(CC(=O)Nc2ccc3c(c2)C[C@@]2(C3)C(=O)Nc3ncccc32)C(=O)C1(C)C. The topological polar surface area (TPSA) is 121 Å². The molecule has 0 radical (unpaired) electrons. The molecule has 2 aliphatic heterocycles. The third-order valence-electron chi connectivity index (χ3n) is 9.88. The number of carbonyl (C=O) groups excluding carboxylic acids is 4. The normalized spacial score (nSPS) is 23.7. The number of pyridine rings is 1.